The van der Waals surface area contributed by atoms with Gasteiger partial charge in [-0.3, -0.25) is 0 Å². The second kappa shape index (κ2) is 5.11. The van der Waals surface area contributed by atoms with E-state index in [1.165, 1.54) is 13.2 Å². The maximum absolute atomic E-state index is 13.2. The number of aromatic nitrogens is 3. The van der Waals surface area contributed by atoms with Gasteiger partial charge in [0.1, 0.15) is 5.69 Å². The fourth-order valence-electron chi connectivity index (χ4n) is 1.56. The quantitative estimate of drug-likeness (QED) is 0.907. The number of halogens is 2. The van der Waals surface area contributed by atoms with Crippen LogP contribution in [0.2, 0.25) is 0 Å². The maximum Gasteiger partial charge on any atom is 0.358 e. The van der Waals surface area contributed by atoms with Gasteiger partial charge in [-0.2, -0.15) is 0 Å². The molecule has 2 rings (SSSR count). The van der Waals surface area contributed by atoms with Crippen molar-refractivity contribution in [2.24, 2.45) is 0 Å². The number of carboxylic acids is 1. The molecule has 100 valence electrons. The van der Waals surface area contributed by atoms with E-state index in [1.54, 1.807) is 0 Å². The van der Waals surface area contributed by atoms with E-state index in [0.29, 0.717) is 0 Å². The molecule has 0 saturated carbocycles. The van der Waals surface area contributed by atoms with Crippen molar-refractivity contribution in [3.05, 3.63) is 41.2 Å². The first-order valence-corrected chi connectivity index (χ1v) is 5.17. The van der Waals surface area contributed by atoms with Gasteiger partial charge in [0.05, 0.1) is 12.3 Å². The summed E-state index contributed by atoms with van der Waals surface area (Å²) in [6.45, 7) is -0.0758. The molecule has 19 heavy (non-hydrogen) atoms. The molecule has 0 amide bonds. The molecule has 0 aliphatic rings. The summed E-state index contributed by atoms with van der Waals surface area (Å²) in [7, 11) is 1.37. The molecular formula is C11H9F2N3O3. The number of ether oxygens (including phenoxy) is 1. The van der Waals surface area contributed by atoms with Crippen molar-refractivity contribution in [2.45, 2.75) is 6.61 Å². The minimum absolute atomic E-state index is 0.0758. The third-order valence-corrected chi connectivity index (χ3v) is 2.39. The summed E-state index contributed by atoms with van der Waals surface area (Å²) < 4.78 is 32.0. The Morgan fingerprint density at radius 3 is 2.74 bits per heavy atom. The molecule has 0 radical (unpaired) electrons. The minimum Gasteiger partial charge on any atom is -0.476 e. The van der Waals surface area contributed by atoms with Crippen LogP contribution in [-0.4, -0.2) is 33.2 Å². The highest BCUT2D eigenvalue weighted by Gasteiger charge is 2.20. The van der Waals surface area contributed by atoms with Gasteiger partial charge in [0.25, 0.3) is 0 Å². The zero-order chi connectivity index (χ0) is 14.0. The SMILES string of the molecule is COCc1c(C(=O)O)nnn1-c1ccc(F)c(F)c1. The van der Waals surface area contributed by atoms with Crippen LogP contribution in [0.15, 0.2) is 18.2 Å². The highest BCUT2D eigenvalue weighted by atomic mass is 19.2. The molecule has 1 aromatic heterocycles. The lowest BCUT2D eigenvalue weighted by Gasteiger charge is -2.06. The van der Waals surface area contributed by atoms with Gasteiger partial charge in [-0.25, -0.2) is 18.3 Å². The standard InChI is InChI=1S/C11H9F2N3O3/c1-19-5-9-10(11(17)18)14-15-16(9)6-2-3-7(12)8(13)4-6/h2-4H,5H2,1H3,(H,17,18). The third kappa shape index (κ3) is 2.43. The number of rotatable bonds is 4. The van der Waals surface area contributed by atoms with Gasteiger partial charge in [0, 0.05) is 13.2 Å². The number of carbonyl (C=O) groups is 1. The molecule has 0 atom stereocenters. The van der Waals surface area contributed by atoms with Gasteiger partial charge in [0.15, 0.2) is 17.3 Å². The highest BCUT2D eigenvalue weighted by Crippen LogP contribution is 2.16. The first kappa shape index (κ1) is 13.1. The summed E-state index contributed by atoms with van der Waals surface area (Å²) in [6, 6.07) is 3.08. The lowest BCUT2D eigenvalue weighted by Crippen LogP contribution is -2.08. The minimum atomic E-state index is -1.28. The van der Waals surface area contributed by atoms with E-state index >= 15 is 0 Å². The van der Waals surface area contributed by atoms with Crippen molar-refractivity contribution in [1.82, 2.24) is 15.0 Å². The summed E-state index contributed by atoms with van der Waals surface area (Å²) >= 11 is 0. The van der Waals surface area contributed by atoms with E-state index in [1.807, 2.05) is 0 Å². The van der Waals surface area contributed by atoms with Crippen molar-refractivity contribution in [2.75, 3.05) is 7.11 Å². The molecule has 1 heterocycles. The molecule has 0 aliphatic carbocycles. The topological polar surface area (TPSA) is 77.2 Å². The first-order valence-electron chi connectivity index (χ1n) is 5.17. The number of hydrogen-bond acceptors (Lipinski definition) is 4. The average Bonchev–Trinajstić information content (AvgIpc) is 2.77. The Balaban J connectivity index is 2.55. The van der Waals surface area contributed by atoms with Crippen molar-refractivity contribution in [3.8, 4) is 5.69 Å². The monoisotopic (exact) mass is 269 g/mol. The molecular weight excluding hydrogens is 260 g/mol. The second-order valence-electron chi connectivity index (χ2n) is 3.63. The molecule has 0 spiro atoms. The fraction of sp³-hybridized carbons (Fsp3) is 0.182. The molecule has 6 nitrogen and oxygen atoms in total. The number of benzene rings is 1. The van der Waals surface area contributed by atoms with Crippen LogP contribution in [0.25, 0.3) is 5.69 Å². The number of carboxylic acid groups (broad SMARTS) is 1. The largest absolute Gasteiger partial charge is 0.476 e. The zero-order valence-electron chi connectivity index (χ0n) is 9.80. The van der Waals surface area contributed by atoms with Gasteiger partial charge >= 0.3 is 5.97 Å². The smallest absolute Gasteiger partial charge is 0.358 e. The van der Waals surface area contributed by atoms with E-state index in [2.05, 4.69) is 10.3 Å². The number of methoxy groups -OCH3 is 1. The van der Waals surface area contributed by atoms with Crippen LogP contribution in [0.3, 0.4) is 0 Å². The number of nitrogens with zero attached hydrogens (tertiary/aromatic N) is 3. The van der Waals surface area contributed by atoms with Crippen LogP contribution < -0.4 is 0 Å². The highest BCUT2D eigenvalue weighted by molar-refractivity contribution is 5.86. The number of aromatic carboxylic acids is 1. The summed E-state index contributed by atoms with van der Waals surface area (Å²) in [5, 5.41) is 16.0. The Labute approximate surface area is 106 Å². The van der Waals surface area contributed by atoms with Crippen LogP contribution in [0.4, 0.5) is 8.78 Å². The summed E-state index contributed by atoms with van der Waals surface area (Å²) in [4.78, 5) is 11.0. The summed E-state index contributed by atoms with van der Waals surface area (Å²) in [6.07, 6.45) is 0. The molecule has 0 fully saturated rings. The van der Waals surface area contributed by atoms with Gasteiger partial charge < -0.3 is 9.84 Å². The van der Waals surface area contributed by atoms with Crippen molar-refractivity contribution >= 4 is 5.97 Å². The first-order chi connectivity index (χ1) is 9.04. The Morgan fingerprint density at radius 2 is 2.16 bits per heavy atom. The van der Waals surface area contributed by atoms with Gasteiger partial charge in [0.2, 0.25) is 0 Å². The summed E-state index contributed by atoms with van der Waals surface area (Å²) in [5.41, 5.74) is -0.00135. The molecule has 0 unspecified atom stereocenters. The van der Waals surface area contributed by atoms with Crippen molar-refractivity contribution in [1.29, 1.82) is 0 Å². The summed E-state index contributed by atoms with van der Waals surface area (Å²) in [5.74, 6) is -3.34. The molecule has 0 bridgehead atoms. The van der Waals surface area contributed by atoms with E-state index < -0.39 is 17.6 Å². The molecule has 2 aromatic rings. The van der Waals surface area contributed by atoms with Gasteiger partial charge in [-0.15, -0.1) is 5.10 Å². The lowest BCUT2D eigenvalue weighted by molar-refractivity contribution is 0.0685. The van der Waals surface area contributed by atoms with E-state index in [0.717, 1.165) is 16.8 Å². The third-order valence-electron chi connectivity index (χ3n) is 2.39. The lowest BCUT2D eigenvalue weighted by atomic mass is 10.2. The van der Waals surface area contributed by atoms with Crippen LogP contribution in [0, 0.1) is 11.6 Å². The molecule has 0 aliphatic heterocycles. The normalized spacial score (nSPS) is 10.7. The maximum atomic E-state index is 13.2. The van der Waals surface area contributed by atoms with Gasteiger partial charge in [-0.05, 0) is 12.1 Å². The zero-order valence-corrected chi connectivity index (χ0v) is 9.80. The van der Waals surface area contributed by atoms with Crippen LogP contribution >= 0.6 is 0 Å². The predicted molar refractivity (Wildman–Crippen MR) is 58.9 cm³/mol. The van der Waals surface area contributed by atoms with E-state index in [-0.39, 0.29) is 23.7 Å². The molecule has 8 heteroatoms. The van der Waals surface area contributed by atoms with E-state index in [9.17, 15) is 13.6 Å². The van der Waals surface area contributed by atoms with E-state index in [4.69, 9.17) is 9.84 Å². The molecule has 1 aromatic carbocycles. The van der Waals surface area contributed by atoms with Crippen molar-refractivity contribution < 1.29 is 23.4 Å². The average molecular weight is 269 g/mol. The van der Waals surface area contributed by atoms with Crippen molar-refractivity contribution in [3.63, 3.8) is 0 Å². The Hall–Kier alpha value is -2.35. The molecule has 0 saturated heterocycles. The Bertz CT molecular complexity index is 628. The molecule has 1 N–H and O–H groups in total. The van der Waals surface area contributed by atoms with Crippen LogP contribution in [0.5, 0.6) is 0 Å². The Kier molecular flexibility index (Phi) is 3.52. The second-order valence-corrected chi connectivity index (χ2v) is 3.63. The number of hydrogen-bond donors (Lipinski definition) is 1. The van der Waals surface area contributed by atoms with Gasteiger partial charge in [-0.1, -0.05) is 5.21 Å². The van der Waals surface area contributed by atoms with Crippen LogP contribution in [-0.2, 0) is 11.3 Å². The van der Waals surface area contributed by atoms with Crippen LogP contribution in [0.1, 0.15) is 16.2 Å². The Morgan fingerprint density at radius 1 is 1.42 bits per heavy atom. The predicted octanol–water partition coefficient (Wildman–Crippen LogP) is 1.39. The fourth-order valence-corrected chi connectivity index (χ4v) is 1.56.